The van der Waals surface area contributed by atoms with Crippen LogP contribution in [0.5, 0.6) is 0 Å². The van der Waals surface area contributed by atoms with Gasteiger partial charge in [0.15, 0.2) is 0 Å². The Hall–Kier alpha value is -3.37. The van der Waals surface area contributed by atoms with Crippen LogP contribution in [-0.4, -0.2) is 8.42 Å². The number of allylic oxidation sites excluding steroid dienone is 4. The average molecular weight is 478 g/mol. The van der Waals surface area contributed by atoms with E-state index in [0.717, 1.165) is 11.3 Å². The number of sulfone groups is 1. The summed E-state index contributed by atoms with van der Waals surface area (Å²) in [5, 5.41) is 0. The molecule has 0 amide bonds. The first kappa shape index (κ1) is 30.6. The second-order valence-electron chi connectivity index (χ2n) is 7.18. The van der Waals surface area contributed by atoms with Crippen LogP contribution in [0.25, 0.3) is 0 Å². The predicted molar refractivity (Wildman–Crippen MR) is 150 cm³/mol. The fraction of sp³-hybridized carbons (Fsp3) is 0.200. The Kier molecular flexibility index (Phi) is 15.5. The molecule has 0 heterocycles. The van der Waals surface area contributed by atoms with Crippen molar-refractivity contribution in [2.24, 2.45) is 0 Å². The fourth-order valence-corrected chi connectivity index (χ4v) is 3.66. The zero-order valence-electron chi connectivity index (χ0n) is 21.3. The minimum atomic E-state index is -3.45. The first-order chi connectivity index (χ1) is 16.2. The molecule has 0 radical (unpaired) electrons. The molecule has 34 heavy (non-hydrogen) atoms. The van der Waals surface area contributed by atoms with Gasteiger partial charge in [-0.25, -0.2) is 8.42 Å². The zero-order valence-corrected chi connectivity index (χ0v) is 22.1. The van der Waals surface area contributed by atoms with Gasteiger partial charge < -0.3 is 5.73 Å². The molecule has 0 spiro atoms. The summed E-state index contributed by atoms with van der Waals surface area (Å²) in [5.41, 5.74) is 9.86. The molecule has 2 N–H and O–H groups in total. The van der Waals surface area contributed by atoms with Crippen LogP contribution < -0.4 is 5.73 Å². The Labute approximate surface area is 207 Å². The molecule has 4 heteroatoms. The number of nitrogens with two attached hydrogens (primary N) is 1. The molecule has 0 fully saturated rings. The van der Waals surface area contributed by atoms with E-state index in [-0.39, 0.29) is 4.91 Å². The third-order valence-electron chi connectivity index (χ3n) is 4.31. The maximum absolute atomic E-state index is 12.2. The van der Waals surface area contributed by atoms with Crippen molar-refractivity contribution in [3.05, 3.63) is 131 Å². The van der Waals surface area contributed by atoms with Crippen molar-refractivity contribution in [3.63, 3.8) is 0 Å². The smallest absolute Gasteiger partial charge is 0.206 e. The van der Waals surface area contributed by atoms with E-state index < -0.39 is 9.84 Å². The second-order valence-corrected chi connectivity index (χ2v) is 9.13. The van der Waals surface area contributed by atoms with Crippen molar-refractivity contribution in [1.29, 1.82) is 0 Å². The van der Waals surface area contributed by atoms with Crippen LogP contribution in [-0.2, 0) is 9.84 Å². The Bertz CT molecular complexity index is 1090. The molecule has 0 atom stereocenters. The molecule has 0 aliphatic carbocycles. The van der Waals surface area contributed by atoms with Crippen LogP contribution >= 0.6 is 0 Å². The quantitative estimate of drug-likeness (QED) is 0.306. The maximum Gasteiger partial charge on any atom is 0.206 e. The third kappa shape index (κ3) is 12.0. The van der Waals surface area contributed by atoms with E-state index in [1.165, 1.54) is 17.2 Å². The first-order valence-corrected chi connectivity index (χ1v) is 12.8. The van der Waals surface area contributed by atoms with Gasteiger partial charge in [0.1, 0.15) is 0 Å². The molecule has 3 aromatic carbocycles. The Morgan fingerprint density at radius 3 is 1.56 bits per heavy atom. The number of hydrogen-bond acceptors (Lipinski definition) is 3. The van der Waals surface area contributed by atoms with Gasteiger partial charge in [-0.3, -0.25) is 0 Å². The summed E-state index contributed by atoms with van der Waals surface area (Å²) in [7, 11) is -3.45. The van der Waals surface area contributed by atoms with Crippen molar-refractivity contribution < 1.29 is 8.42 Å². The van der Waals surface area contributed by atoms with E-state index in [9.17, 15) is 8.42 Å². The minimum absolute atomic E-state index is 0.208. The Balaban J connectivity index is 0.000000527. The van der Waals surface area contributed by atoms with E-state index in [1.54, 1.807) is 42.5 Å². The molecule has 0 saturated carbocycles. The van der Waals surface area contributed by atoms with Gasteiger partial charge in [-0.15, -0.1) is 0 Å². The fourth-order valence-electron chi connectivity index (χ4n) is 2.41. The standard InChI is InChI=1S/C14H16O2S.C7H9N.C7H8.C2H6/c1-4-6-7-13(5-2)17(15,16)14-10-8-12(3)9-11-14;1-6-2-4-7(8)5-3-6;1-7-5-3-2-4-6-7;1-2/h4-11H,2H2,1,3H3;2-5H,8H2,1H3;2-6H,1H3;1-2H3/b6-4-,13-7+;;;. The maximum atomic E-state index is 12.2. The van der Waals surface area contributed by atoms with Gasteiger partial charge in [-0.2, -0.15) is 0 Å². The summed E-state index contributed by atoms with van der Waals surface area (Å²) in [4.78, 5) is 0.498. The minimum Gasteiger partial charge on any atom is -0.399 e. The van der Waals surface area contributed by atoms with Gasteiger partial charge in [0.25, 0.3) is 0 Å². The number of aryl methyl sites for hydroxylation is 3. The van der Waals surface area contributed by atoms with E-state index in [2.05, 4.69) is 25.6 Å². The Morgan fingerprint density at radius 1 is 0.765 bits per heavy atom. The highest BCUT2D eigenvalue weighted by atomic mass is 32.2. The summed E-state index contributed by atoms with van der Waals surface area (Å²) in [6, 6.07) is 24.8. The van der Waals surface area contributed by atoms with Crippen LogP contribution in [0.15, 0.2) is 120 Å². The van der Waals surface area contributed by atoms with Crippen LogP contribution in [0.1, 0.15) is 37.5 Å². The molecule has 0 saturated heterocycles. The molecule has 3 nitrogen and oxygen atoms in total. The first-order valence-electron chi connectivity index (χ1n) is 11.3. The summed E-state index contributed by atoms with van der Waals surface area (Å²) in [6.45, 7) is 15.4. The highest BCUT2D eigenvalue weighted by Gasteiger charge is 2.17. The summed E-state index contributed by atoms with van der Waals surface area (Å²) >= 11 is 0. The van der Waals surface area contributed by atoms with E-state index in [0.29, 0.717) is 4.90 Å². The highest BCUT2D eigenvalue weighted by Crippen LogP contribution is 2.20. The molecule has 0 bridgehead atoms. The van der Waals surface area contributed by atoms with E-state index >= 15 is 0 Å². The van der Waals surface area contributed by atoms with Crippen molar-refractivity contribution >= 4 is 15.5 Å². The molecule has 0 aliphatic rings. The van der Waals surface area contributed by atoms with Gasteiger partial charge in [-0.1, -0.05) is 110 Å². The molecular weight excluding hydrogens is 438 g/mol. The monoisotopic (exact) mass is 477 g/mol. The highest BCUT2D eigenvalue weighted by molar-refractivity contribution is 7.95. The normalized spacial score (nSPS) is 10.6. The lowest BCUT2D eigenvalue weighted by Gasteiger charge is -2.04. The van der Waals surface area contributed by atoms with Crippen molar-refractivity contribution in [2.45, 2.75) is 46.4 Å². The number of benzene rings is 3. The summed E-state index contributed by atoms with van der Waals surface area (Å²) in [6.07, 6.45) is 6.36. The molecule has 0 unspecified atom stereocenters. The van der Waals surface area contributed by atoms with Crippen molar-refractivity contribution in [2.75, 3.05) is 5.73 Å². The van der Waals surface area contributed by atoms with Gasteiger partial charge in [0, 0.05) is 5.69 Å². The molecule has 0 aromatic heterocycles. The van der Waals surface area contributed by atoms with E-state index in [1.807, 2.05) is 77.1 Å². The second kappa shape index (κ2) is 17.2. The van der Waals surface area contributed by atoms with E-state index in [4.69, 9.17) is 5.73 Å². The number of hydrogen-bond donors (Lipinski definition) is 1. The SMILES string of the molecule is C=C/C(=C\C=C/C)S(=O)(=O)c1ccc(C)cc1.CC.Cc1ccc(N)cc1.Cc1ccccc1. The number of rotatable bonds is 4. The van der Waals surface area contributed by atoms with Gasteiger partial charge in [-0.05, 0) is 58.0 Å². The number of anilines is 1. The van der Waals surface area contributed by atoms with Crippen molar-refractivity contribution in [3.8, 4) is 0 Å². The van der Waals surface area contributed by atoms with Gasteiger partial charge in [0.05, 0.1) is 9.80 Å². The summed E-state index contributed by atoms with van der Waals surface area (Å²) < 4.78 is 24.4. The topological polar surface area (TPSA) is 60.2 Å². The van der Waals surface area contributed by atoms with Gasteiger partial charge in [0.2, 0.25) is 9.84 Å². The molecule has 182 valence electrons. The zero-order chi connectivity index (χ0) is 26.0. The third-order valence-corrected chi connectivity index (χ3v) is 6.13. The lowest BCUT2D eigenvalue weighted by molar-refractivity contribution is 0.603. The summed E-state index contributed by atoms with van der Waals surface area (Å²) in [5.74, 6) is 0. The molecular formula is C30H39NO2S. The lowest BCUT2D eigenvalue weighted by atomic mass is 10.2. The van der Waals surface area contributed by atoms with Crippen LogP contribution in [0.2, 0.25) is 0 Å². The lowest BCUT2D eigenvalue weighted by Crippen LogP contribution is -2.02. The molecule has 3 rings (SSSR count). The van der Waals surface area contributed by atoms with Crippen LogP contribution in [0.4, 0.5) is 5.69 Å². The molecule has 0 aliphatic heterocycles. The van der Waals surface area contributed by atoms with Gasteiger partial charge >= 0.3 is 0 Å². The van der Waals surface area contributed by atoms with Crippen LogP contribution in [0.3, 0.4) is 0 Å². The number of nitrogen functional groups attached to an aromatic ring is 1. The largest absolute Gasteiger partial charge is 0.399 e. The molecule has 3 aromatic rings. The van der Waals surface area contributed by atoms with Crippen molar-refractivity contribution in [1.82, 2.24) is 0 Å². The predicted octanol–water partition coefficient (Wildman–Crippen LogP) is 8.01. The van der Waals surface area contributed by atoms with Crippen LogP contribution in [0, 0.1) is 20.8 Å². The Morgan fingerprint density at radius 2 is 1.21 bits per heavy atom. The average Bonchev–Trinajstić information content (AvgIpc) is 2.84.